The summed E-state index contributed by atoms with van der Waals surface area (Å²) in [6, 6.07) is 6.12. The second-order valence-corrected chi connectivity index (χ2v) is 6.30. The van der Waals surface area contributed by atoms with Crippen LogP contribution in [0.4, 0.5) is 5.69 Å². The fourth-order valence-electron chi connectivity index (χ4n) is 3.20. The molecule has 1 aliphatic rings. The van der Waals surface area contributed by atoms with E-state index in [0.29, 0.717) is 6.54 Å². The Morgan fingerprint density at radius 2 is 2.24 bits per heavy atom. The number of benzene rings is 1. The number of hydrogen-bond acceptors (Lipinski definition) is 6. The van der Waals surface area contributed by atoms with Gasteiger partial charge in [0.1, 0.15) is 18.1 Å². The second-order valence-electron chi connectivity index (χ2n) is 6.30. The van der Waals surface area contributed by atoms with Gasteiger partial charge in [-0.2, -0.15) is 5.10 Å². The normalized spacial score (nSPS) is 16.1. The molecule has 25 heavy (non-hydrogen) atoms. The van der Waals surface area contributed by atoms with Crippen LogP contribution in [0.5, 0.6) is 5.75 Å². The molecule has 0 radical (unpaired) electrons. The molecule has 0 unspecified atom stereocenters. The van der Waals surface area contributed by atoms with E-state index in [2.05, 4.69) is 22.1 Å². The SMILES string of the molecule is COc1ccc2c(c1)CCCN(C[C@@H](O)Cn1cc([N+](=O)[O-])cn1)C2. The van der Waals surface area contributed by atoms with E-state index in [1.807, 2.05) is 6.07 Å². The van der Waals surface area contributed by atoms with E-state index in [0.717, 1.165) is 31.7 Å². The first-order valence-electron chi connectivity index (χ1n) is 8.28. The number of nitro groups is 1. The Kier molecular flexibility index (Phi) is 5.30. The van der Waals surface area contributed by atoms with Crippen molar-refractivity contribution in [3.05, 3.63) is 51.8 Å². The van der Waals surface area contributed by atoms with E-state index in [9.17, 15) is 15.2 Å². The van der Waals surface area contributed by atoms with Crippen molar-refractivity contribution in [2.45, 2.75) is 32.0 Å². The van der Waals surface area contributed by atoms with Crippen LogP contribution < -0.4 is 4.74 Å². The Morgan fingerprint density at radius 3 is 2.96 bits per heavy atom. The fraction of sp³-hybridized carbons (Fsp3) is 0.471. The molecule has 8 nitrogen and oxygen atoms in total. The highest BCUT2D eigenvalue weighted by atomic mass is 16.6. The average Bonchev–Trinajstić information content (AvgIpc) is 2.95. The van der Waals surface area contributed by atoms with Crippen molar-refractivity contribution >= 4 is 5.69 Å². The highest BCUT2D eigenvalue weighted by molar-refractivity contribution is 5.36. The molecule has 0 aliphatic carbocycles. The van der Waals surface area contributed by atoms with Crippen LogP contribution in [0.15, 0.2) is 30.6 Å². The number of aromatic nitrogens is 2. The summed E-state index contributed by atoms with van der Waals surface area (Å²) in [4.78, 5) is 12.4. The van der Waals surface area contributed by atoms with Gasteiger partial charge in [0.15, 0.2) is 0 Å². The summed E-state index contributed by atoms with van der Waals surface area (Å²) in [5, 5.41) is 24.9. The highest BCUT2D eigenvalue weighted by Gasteiger charge is 2.19. The lowest BCUT2D eigenvalue weighted by atomic mass is 10.0. The number of aliphatic hydroxyl groups is 1. The van der Waals surface area contributed by atoms with Gasteiger partial charge in [0, 0.05) is 13.1 Å². The molecule has 0 saturated heterocycles. The Balaban J connectivity index is 1.60. The molecule has 0 spiro atoms. The van der Waals surface area contributed by atoms with Crippen LogP contribution >= 0.6 is 0 Å². The van der Waals surface area contributed by atoms with Crippen LogP contribution in [0.2, 0.25) is 0 Å². The van der Waals surface area contributed by atoms with E-state index in [1.165, 1.54) is 28.2 Å². The number of β-amino-alcohol motifs (C(OH)–C–C–N with tert-alkyl or cyclic N) is 1. The highest BCUT2D eigenvalue weighted by Crippen LogP contribution is 2.23. The zero-order valence-corrected chi connectivity index (χ0v) is 14.2. The number of methoxy groups -OCH3 is 1. The van der Waals surface area contributed by atoms with E-state index in [1.54, 1.807) is 7.11 Å². The molecule has 2 aromatic rings. The summed E-state index contributed by atoms with van der Waals surface area (Å²) in [6.45, 7) is 2.40. The number of nitrogens with zero attached hydrogens (tertiary/aromatic N) is 4. The molecule has 1 atom stereocenters. The largest absolute Gasteiger partial charge is 0.497 e. The summed E-state index contributed by atoms with van der Waals surface area (Å²) in [6.07, 6.45) is 3.90. The molecule has 1 aromatic carbocycles. The van der Waals surface area contributed by atoms with Gasteiger partial charge in [0.25, 0.3) is 0 Å². The van der Waals surface area contributed by atoms with Gasteiger partial charge in [-0.25, -0.2) is 0 Å². The number of rotatable bonds is 6. The third-order valence-electron chi connectivity index (χ3n) is 4.43. The lowest BCUT2D eigenvalue weighted by molar-refractivity contribution is -0.385. The van der Waals surface area contributed by atoms with Crippen molar-refractivity contribution in [1.29, 1.82) is 0 Å². The molecule has 0 saturated carbocycles. The maximum Gasteiger partial charge on any atom is 0.306 e. The number of hydrogen-bond donors (Lipinski definition) is 1. The number of aryl methyl sites for hydroxylation is 1. The van der Waals surface area contributed by atoms with Gasteiger partial charge in [-0.15, -0.1) is 0 Å². The lowest BCUT2D eigenvalue weighted by Gasteiger charge is -2.23. The smallest absolute Gasteiger partial charge is 0.306 e. The fourth-order valence-corrected chi connectivity index (χ4v) is 3.20. The van der Waals surface area contributed by atoms with Gasteiger partial charge in [-0.1, -0.05) is 6.07 Å². The van der Waals surface area contributed by atoms with Crippen molar-refractivity contribution in [2.75, 3.05) is 20.2 Å². The molecule has 2 heterocycles. The van der Waals surface area contributed by atoms with E-state index < -0.39 is 11.0 Å². The molecule has 134 valence electrons. The minimum atomic E-state index is -0.640. The van der Waals surface area contributed by atoms with Crippen LogP contribution in [-0.2, 0) is 19.5 Å². The first kappa shape index (κ1) is 17.4. The summed E-state index contributed by atoms with van der Waals surface area (Å²) in [5.41, 5.74) is 2.48. The lowest BCUT2D eigenvalue weighted by Crippen LogP contribution is -2.34. The molecule has 1 N–H and O–H groups in total. The van der Waals surface area contributed by atoms with E-state index in [-0.39, 0.29) is 12.2 Å². The Labute approximate surface area is 145 Å². The third kappa shape index (κ3) is 4.34. The van der Waals surface area contributed by atoms with E-state index in [4.69, 9.17) is 4.74 Å². The minimum absolute atomic E-state index is 0.0650. The van der Waals surface area contributed by atoms with Gasteiger partial charge in [-0.05, 0) is 42.6 Å². The summed E-state index contributed by atoms with van der Waals surface area (Å²) in [7, 11) is 1.67. The molecular weight excluding hydrogens is 324 g/mol. The molecule has 3 rings (SSSR count). The topological polar surface area (TPSA) is 93.7 Å². The third-order valence-corrected chi connectivity index (χ3v) is 4.43. The molecule has 0 amide bonds. The van der Waals surface area contributed by atoms with Gasteiger partial charge in [0.05, 0.1) is 24.7 Å². The number of ether oxygens (including phenoxy) is 1. The number of aliphatic hydroxyl groups excluding tert-OH is 1. The number of fused-ring (bicyclic) bond motifs is 1. The van der Waals surface area contributed by atoms with Crippen molar-refractivity contribution in [3.8, 4) is 5.75 Å². The predicted octanol–water partition coefficient (Wildman–Crippen LogP) is 1.61. The molecule has 0 fully saturated rings. The van der Waals surface area contributed by atoms with Crippen LogP contribution in [0, 0.1) is 10.1 Å². The van der Waals surface area contributed by atoms with Crippen molar-refractivity contribution in [1.82, 2.24) is 14.7 Å². The molecule has 8 heteroatoms. The Morgan fingerprint density at radius 1 is 1.40 bits per heavy atom. The standard InChI is InChI=1S/C17H22N4O4/c1-25-17-5-4-14-9-19(6-2-3-13(14)7-17)11-16(22)12-20-10-15(8-18-20)21(23)24/h4-5,7-8,10,16,22H,2-3,6,9,11-12H2,1H3/t16-/m1/s1. The summed E-state index contributed by atoms with van der Waals surface area (Å²) in [5.74, 6) is 0.868. The first-order valence-corrected chi connectivity index (χ1v) is 8.28. The molecule has 1 aromatic heterocycles. The second kappa shape index (κ2) is 7.62. The summed E-state index contributed by atoms with van der Waals surface area (Å²) >= 11 is 0. The molecule has 1 aliphatic heterocycles. The van der Waals surface area contributed by atoms with Crippen molar-refractivity contribution < 1.29 is 14.8 Å². The van der Waals surface area contributed by atoms with Gasteiger partial charge < -0.3 is 9.84 Å². The van der Waals surface area contributed by atoms with Crippen LogP contribution in [0.1, 0.15) is 17.5 Å². The zero-order valence-electron chi connectivity index (χ0n) is 14.2. The monoisotopic (exact) mass is 346 g/mol. The van der Waals surface area contributed by atoms with Crippen LogP contribution in [0.3, 0.4) is 0 Å². The Bertz CT molecular complexity index is 746. The first-order chi connectivity index (χ1) is 12.0. The maximum atomic E-state index is 10.7. The van der Waals surface area contributed by atoms with Crippen LogP contribution in [0.25, 0.3) is 0 Å². The van der Waals surface area contributed by atoms with Gasteiger partial charge >= 0.3 is 5.69 Å². The minimum Gasteiger partial charge on any atom is -0.497 e. The Hall–Kier alpha value is -2.45. The predicted molar refractivity (Wildman–Crippen MR) is 91.5 cm³/mol. The van der Waals surface area contributed by atoms with Crippen molar-refractivity contribution in [2.24, 2.45) is 0 Å². The van der Waals surface area contributed by atoms with E-state index >= 15 is 0 Å². The zero-order chi connectivity index (χ0) is 17.8. The van der Waals surface area contributed by atoms with Crippen LogP contribution in [-0.4, -0.2) is 51.0 Å². The van der Waals surface area contributed by atoms with Gasteiger partial charge in [0.2, 0.25) is 0 Å². The van der Waals surface area contributed by atoms with Crippen molar-refractivity contribution in [3.63, 3.8) is 0 Å². The van der Waals surface area contributed by atoms with Gasteiger partial charge in [-0.3, -0.25) is 19.7 Å². The maximum absolute atomic E-state index is 10.7. The quantitative estimate of drug-likeness (QED) is 0.631. The average molecular weight is 346 g/mol. The summed E-state index contributed by atoms with van der Waals surface area (Å²) < 4.78 is 6.70. The molecular formula is C17H22N4O4. The molecule has 0 bridgehead atoms.